The van der Waals surface area contributed by atoms with Crippen LogP contribution in [0.15, 0.2) is 11.6 Å². The zero-order chi connectivity index (χ0) is 18.7. The number of esters is 1. The van der Waals surface area contributed by atoms with Crippen LogP contribution < -0.4 is 0 Å². The van der Waals surface area contributed by atoms with E-state index in [1.165, 1.54) is 26.2 Å². The number of carbonyl (C=O) groups excluding carboxylic acids is 1. The van der Waals surface area contributed by atoms with Crippen LogP contribution in [0.5, 0.6) is 0 Å². The monoisotopic (exact) mass is 379 g/mol. The second-order valence-corrected chi connectivity index (χ2v) is 9.56. The number of rotatable bonds is 7. The molecule has 2 fully saturated rings. The minimum Gasteiger partial charge on any atom is -0.455 e. The van der Waals surface area contributed by atoms with E-state index in [1.807, 2.05) is 5.38 Å². The number of nitrogens with zero attached hydrogens (tertiary/aromatic N) is 1. The average molecular weight is 380 g/mol. The van der Waals surface area contributed by atoms with E-state index >= 15 is 0 Å². The van der Waals surface area contributed by atoms with Crippen molar-refractivity contribution in [2.45, 2.75) is 84.3 Å². The lowest BCUT2D eigenvalue weighted by molar-refractivity contribution is -0.147. The summed E-state index contributed by atoms with van der Waals surface area (Å²) in [5.41, 5.74) is 0.307. The fraction of sp³-hybridized carbons (Fsp3) is 0.810. The molecular formula is C21H33NO3S. The van der Waals surface area contributed by atoms with Crippen LogP contribution in [0.2, 0.25) is 0 Å². The zero-order valence-corrected chi connectivity index (χ0v) is 17.1. The van der Waals surface area contributed by atoms with Crippen molar-refractivity contribution in [3.8, 4) is 0 Å². The normalized spacial score (nSPS) is 33.5. The molecule has 1 aromatic heterocycles. The molecule has 5 heteroatoms. The molecule has 1 aromatic rings. The average Bonchev–Trinajstić information content (AvgIpc) is 3.21. The van der Waals surface area contributed by atoms with Crippen molar-refractivity contribution in [1.82, 2.24) is 4.98 Å². The molecule has 4 nitrogen and oxygen atoms in total. The number of aliphatic hydroxyl groups excluding tert-OH is 1. The summed E-state index contributed by atoms with van der Waals surface area (Å²) in [7, 11) is 0. The van der Waals surface area contributed by atoms with Gasteiger partial charge in [-0.3, -0.25) is 4.79 Å². The first-order valence-electron chi connectivity index (χ1n) is 10.2. The molecule has 0 aromatic carbocycles. The van der Waals surface area contributed by atoms with Gasteiger partial charge in [0.1, 0.15) is 5.01 Å². The van der Waals surface area contributed by atoms with Gasteiger partial charge in [-0.1, -0.05) is 26.7 Å². The van der Waals surface area contributed by atoms with Gasteiger partial charge < -0.3 is 9.84 Å². The zero-order valence-electron chi connectivity index (χ0n) is 16.3. The predicted octanol–water partition coefficient (Wildman–Crippen LogP) is 5.13. The predicted molar refractivity (Wildman–Crippen MR) is 104 cm³/mol. The van der Waals surface area contributed by atoms with E-state index < -0.39 is 0 Å². The highest BCUT2D eigenvalue weighted by molar-refractivity contribution is 7.09. The Kier molecular flexibility index (Phi) is 6.39. The standard InChI is InChI=1S/C21H33NO3S/c1-14(16-9-10-17-18(24)7-5-11-21(16,17)3)6-4-8-19(25-15(2)23)20-22-12-13-26-20/h12-14,16-19,24H,4-11H2,1-3H3/t14?,16-,17+,18+,19?,21-/m1/s1. The Hall–Kier alpha value is -0.940. The summed E-state index contributed by atoms with van der Waals surface area (Å²) in [5.74, 6) is 1.60. The maximum Gasteiger partial charge on any atom is 0.303 e. The van der Waals surface area contributed by atoms with E-state index in [9.17, 15) is 9.90 Å². The molecule has 2 aliphatic carbocycles. The van der Waals surface area contributed by atoms with Crippen molar-refractivity contribution in [3.63, 3.8) is 0 Å². The molecule has 146 valence electrons. The minimum absolute atomic E-state index is 0.0933. The molecule has 6 atom stereocenters. The van der Waals surface area contributed by atoms with Crippen LogP contribution in [-0.4, -0.2) is 22.2 Å². The van der Waals surface area contributed by atoms with Gasteiger partial charge >= 0.3 is 5.97 Å². The van der Waals surface area contributed by atoms with Gasteiger partial charge in [0.2, 0.25) is 0 Å². The molecule has 0 spiro atoms. The van der Waals surface area contributed by atoms with Crippen LogP contribution in [0.4, 0.5) is 0 Å². The lowest BCUT2D eigenvalue weighted by Crippen LogP contribution is -2.41. The van der Waals surface area contributed by atoms with Crippen LogP contribution in [-0.2, 0) is 9.53 Å². The highest BCUT2D eigenvalue weighted by Crippen LogP contribution is 2.58. The Bertz CT molecular complexity index is 590. The van der Waals surface area contributed by atoms with Crippen LogP contribution in [0.1, 0.15) is 83.2 Å². The SMILES string of the molecule is CC(=O)OC(CCCC(C)[C@H]1CC[C@H]2[C@@H](O)CCC[C@]12C)c1nccs1. The first-order chi connectivity index (χ1) is 12.4. The van der Waals surface area contributed by atoms with Crippen molar-refractivity contribution < 1.29 is 14.6 Å². The van der Waals surface area contributed by atoms with Gasteiger partial charge in [-0.2, -0.15) is 0 Å². The lowest BCUT2D eigenvalue weighted by atomic mass is 9.61. The number of hydrogen-bond donors (Lipinski definition) is 1. The Morgan fingerprint density at radius 2 is 2.23 bits per heavy atom. The number of aromatic nitrogens is 1. The molecule has 2 saturated carbocycles. The summed E-state index contributed by atoms with van der Waals surface area (Å²) >= 11 is 1.56. The third-order valence-electron chi connectivity index (χ3n) is 7.01. The molecule has 0 radical (unpaired) electrons. The fourth-order valence-corrected chi connectivity index (χ4v) is 6.48. The fourth-order valence-electron chi connectivity index (χ4n) is 5.78. The molecule has 0 bridgehead atoms. The third kappa shape index (κ3) is 4.14. The number of thiazole rings is 1. The van der Waals surface area contributed by atoms with Crippen molar-refractivity contribution >= 4 is 17.3 Å². The van der Waals surface area contributed by atoms with E-state index in [-0.39, 0.29) is 18.2 Å². The van der Waals surface area contributed by atoms with Gasteiger partial charge in [0.05, 0.1) is 6.10 Å². The van der Waals surface area contributed by atoms with Gasteiger partial charge in [-0.15, -0.1) is 11.3 Å². The van der Waals surface area contributed by atoms with Crippen molar-refractivity contribution in [1.29, 1.82) is 0 Å². The number of aliphatic hydroxyl groups is 1. The summed E-state index contributed by atoms with van der Waals surface area (Å²) < 4.78 is 5.50. The first-order valence-corrected chi connectivity index (χ1v) is 11.0. The molecule has 2 unspecified atom stereocenters. The third-order valence-corrected chi connectivity index (χ3v) is 7.88. The Balaban J connectivity index is 1.55. The van der Waals surface area contributed by atoms with Crippen LogP contribution in [0.25, 0.3) is 0 Å². The lowest BCUT2D eigenvalue weighted by Gasteiger charge is -2.45. The molecule has 26 heavy (non-hydrogen) atoms. The second-order valence-electron chi connectivity index (χ2n) is 8.63. The summed E-state index contributed by atoms with van der Waals surface area (Å²) in [4.78, 5) is 15.7. The topological polar surface area (TPSA) is 59.4 Å². The summed E-state index contributed by atoms with van der Waals surface area (Å²) in [5, 5.41) is 13.3. The van der Waals surface area contributed by atoms with Crippen molar-refractivity contribution in [3.05, 3.63) is 16.6 Å². The molecule has 0 aliphatic heterocycles. The van der Waals surface area contributed by atoms with Crippen LogP contribution >= 0.6 is 11.3 Å². The smallest absolute Gasteiger partial charge is 0.303 e. The first kappa shape index (κ1) is 19.8. The number of fused-ring (bicyclic) bond motifs is 1. The van der Waals surface area contributed by atoms with E-state index in [4.69, 9.17) is 4.74 Å². The van der Waals surface area contributed by atoms with E-state index in [0.29, 0.717) is 23.2 Å². The van der Waals surface area contributed by atoms with E-state index in [2.05, 4.69) is 18.8 Å². The Morgan fingerprint density at radius 1 is 1.42 bits per heavy atom. The van der Waals surface area contributed by atoms with Crippen LogP contribution in [0.3, 0.4) is 0 Å². The number of hydrogen-bond acceptors (Lipinski definition) is 5. The number of ether oxygens (including phenoxy) is 1. The maximum atomic E-state index is 11.4. The quantitative estimate of drug-likeness (QED) is 0.667. The molecule has 2 aliphatic rings. The Labute approximate surface area is 161 Å². The molecule has 1 heterocycles. The van der Waals surface area contributed by atoms with Gasteiger partial charge in [0, 0.05) is 18.5 Å². The number of carbonyl (C=O) groups is 1. The second kappa shape index (κ2) is 8.39. The molecule has 1 N–H and O–H groups in total. The highest BCUT2D eigenvalue weighted by Gasteiger charge is 2.51. The van der Waals surface area contributed by atoms with E-state index in [0.717, 1.165) is 37.1 Å². The van der Waals surface area contributed by atoms with Gasteiger partial charge in [-0.25, -0.2) is 4.98 Å². The van der Waals surface area contributed by atoms with Gasteiger partial charge in [0.15, 0.2) is 6.10 Å². The van der Waals surface area contributed by atoms with Crippen molar-refractivity contribution in [2.75, 3.05) is 0 Å². The Morgan fingerprint density at radius 3 is 2.92 bits per heavy atom. The van der Waals surface area contributed by atoms with E-state index in [1.54, 1.807) is 17.5 Å². The summed E-state index contributed by atoms with van der Waals surface area (Å²) in [6, 6.07) is 0. The minimum atomic E-state index is -0.236. The maximum absolute atomic E-state index is 11.4. The summed E-state index contributed by atoms with van der Waals surface area (Å²) in [6.07, 6.45) is 10.3. The largest absolute Gasteiger partial charge is 0.455 e. The molecule has 0 saturated heterocycles. The summed E-state index contributed by atoms with van der Waals surface area (Å²) in [6.45, 7) is 6.27. The van der Waals surface area contributed by atoms with Gasteiger partial charge in [0.25, 0.3) is 0 Å². The van der Waals surface area contributed by atoms with Gasteiger partial charge in [-0.05, 0) is 61.7 Å². The molecule has 3 rings (SSSR count). The van der Waals surface area contributed by atoms with Crippen LogP contribution in [0, 0.1) is 23.2 Å². The van der Waals surface area contributed by atoms with Crippen molar-refractivity contribution in [2.24, 2.45) is 23.2 Å². The highest BCUT2D eigenvalue weighted by atomic mass is 32.1. The molecular weight excluding hydrogens is 346 g/mol. The molecule has 0 amide bonds.